The summed E-state index contributed by atoms with van der Waals surface area (Å²) in [4.78, 5) is 11.8. The lowest BCUT2D eigenvalue weighted by molar-refractivity contribution is -0.115. The molecule has 0 saturated carbocycles. The first-order chi connectivity index (χ1) is 9.29. The molecule has 2 N–H and O–H groups in total. The molecule has 0 saturated heterocycles. The molecule has 4 nitrogen and oxygen atoms in total. The molecule has 0 unspecified atom stereocenters. The lowest BCUT2D eigenvalue weighted by Gasteiger charge is -2.10. The topological polar surface area (TPSA) is 50.4 Å². The number of anilines is 1. The summed E-state index contributed by atoms with van der Waals surface area (Å²) >= 11 is 1.65. The summed E-state index contributed by atoms with van der Waals surface area (Å²) in [6.07, 6.45) is 0. The van der Waals surface area contributed by atoms with Crippen LogP contribution in [-0.2, 0) is 11.3 Å². The van der Waals surface area contributed by atoms with Gasteiger partial charge in [0, 0.05) is 6.54 Å². The maximum Gasteiger partial charge on any atom is 0.238 e. The average molecular weight is 276 g/mol. The van der Waals surface area contributed by atoms with E-state index in [4.69, 9.17) is 4.74 Å². The molecule has 0 fully saturated rings. The van der Waals surface area contributed by atoms with Crippen molar-refractivity contribution in [1.82, 2.24) is 5.32 Å². The summed E-state index contributed by atoms with van der Waals surface area (Å²) in [5, 5.41) is 10.00. The van der Waals surface area contributed by atoms with Crippen LogP contribution in [0.15, 0.2) is 41.1 Å². The summed E-state index contributed by atoms with van der Waals surface area (Å²) < 4.78 is 5.18. The molecule has 0 spiro atoms. The lowest BCUT2D eigenvalue weighted by atomic mass is 10.3. The Morgan fingerprint density at radius 1 is 1.32 bits per heavy atom. The van der Waals surface area contributed by atoms with Crippen molar-refractivity contribution in [3.8, 4) is 5.75 Å². The van der Waals surface area contributed by atoms with E-state index in [0.29, 0.717) is 18.0 Å². The highest BCUT2D eigenvalue weighted by atomic mass is 32.1. The van der Waals surface area contributed by atoms with E-state index >= 15 is 0 Å². The normalized spacial score (nSPS) is 10.2. The molecule has 0 atom stereocenters. The first kappa shape index (κ1) is 13.6. The van der Waals surface area contributed by atoms with Crippen LogP contribution in [0.25, 0.3) is 0 Å². The van der Waals surface area contributed by atoms with Gasteiger partial charge in [0.15, 0.2) is 0 Å². The minimum Gasteiger partial charge on any atom is -0.495 e. The smallest absolute Gasteiger partial charge is 0.238 e. The number of methoxy groups -OCH3 is 1. The van der Waals surface area contributed by atoms with Crippen molar-refractivity contribution in [2.75, 3.05) is 19.0 Å². The quantitative estimate of drug-likeness (QED) is 0.852. The molecular formula is C14H16N2O2S. The van der Waals surface area contributed by atoms with E-state index in [1.165, 1.54) is 5.56 Å². The van der Waals surface area contributed by atoms with Gasteiger partial charge in [-0.15, -0.1) is 0 Å². The summed E-state index contributed by atoms with van der Waals surface area (Å²) in [5.41, 5.74) is 1.88. The minimum atomic E-state index is -0.0836. The first-order valence-corrected chi connectivity index (χ1v) is 6.88. The molecule has 1 heterocycles. The first-order valence-electron chi connectivity index (χ1n) is 5.94. The van der Waals surface area contributed by atoms with Crippen LogP contribution in [0, 0.1) is 0 Å². The third-order valence-corrected chi connectivity index (χ3v) is 3.31. The molecule has 5 heteroatoms. The molecule has 1 aromatic carbocycles. The second-order valence-corrected chi connectivity index (χ2v) is 4.76. The molecule has 2 aromatic rings. The zero-order chi connectivity index (χ0) is 13.5. The number of rotatable bonds is 6. The van der Waals surface area contributed by atoms with E-state index in [-0.39, 0.29) is 12.5 Å². The van der Waals surface area contributed by atoms with Crippen molar-refractivity contribution in [2.24, 2.45) is 0 Å². The van der Waals surface area contributed by atoms with Gasteiger partial charge >= 0.3 is 0 Å². The number of nitrogens with one attached hydrogen (secondary N) is 2. The van der Waals surface area contributed by atoms with Crippen LogP contribution in [0.1, 0.15) is 5.56 Å². The SMILES string of the molecule is COc1ccccc1NC(=O)CNCc1ccsc1. The maximum absolute atomic E-state index is 11.8. The molecule has 0 radical (unpaired) electrons. The Labute approximate surface area is 116 Å². The highest BCUT2D eigenvalue weighted by Crippen LogP contribution is 2.22. The Kier molecular flexibility index (Phi) is 4.94. The fourth-order valence-corrected chi connectivity index (χ4v) is 2.32. The number of hydrogen-bond donors (Lipinski definition) is 2. The van der Waals surface area contributed by atoms with E-state index in [0.717, 1.165) is 0 Å². The Bertz CT molecular complexity index is 526. The highest BCUT2D eigenvalue weighted by Gasteiger charge is 2.06. The van der Waals surface area contributed by atoms with Crippen molar-refractivity contribution in [2.45, 2.75) is 6.54 Å². The molecule has 19 heavy (non-hydrogen) atoms. The minimum absolute atomic E-state index is 0.0836. The van der Waals surface area contributed by atoms with Gasteiger partial charge in [0.1, 0.15) is 5.75 Å². The number of thiophene rings is 1. The monoisotopic (exact) mass is 276 g/mol. The molecule has 100 valence electrons. The number of ether oxygens (including phenoxy) is 1. The number of amides is 1. The van der Waals surface area contributed by atoms with Crippen LogP contribution >= 0.6 is 11.3 Å². The largest absolute Gasteiger partial charge is 0.495 e. The number of para-hydroxylation sites is 2. The molecule has 0 aliphatic carbocycles. The van der Waals surface area contributed by atoms with Crippen molar-refractivity contribution in [3.05, 3.63) is 46.7 Å². The van der Waals surface area contributed by atoms with Crippen LogP contribution in [-0.4, -0.2) is 19.6 Å². The molecular weight excluding hydrogens is 260 g/mol. The summed E-state index contributed by atoms with van der Waals surface area (Å²) in [5.74, 6) is 0.577. The van der Waals surface area contributed by atoms with Gasteiger partial charge in [0.25, 0.3) is 0 Å². The summed E-state index contributed by atoms with van der Waals surface area (Å²) in [6, 6.07) is 9.39. The molecule has 2 rings (SSSR count). The van der Waals surface area contributed by atoms with E-state index < -0.39 is 0 Å². The van der Waals surface area contributed by atoms with Crippen LogP contribution in [0.4, 0.5) is 5.69 Å². The molecule has 1 amide bonds. The highest BCUT2D eigenvalue weighted by molar-refractivity contribution is 7.07. The summed E-state index contributed by atoms with van der Waals surface area (Å²) in [7, 11) is 1.58. The third-order valence-electron chi connectivity index (χ3n) is 2.58. The standard InChI is InChI=1S/C14H16N2O2S/c1-18-13-5-3-2-4-12(13)16-14(17)9-15-8-11-6-7-19-10-11/h2-7,10,15H,8-9H2,1H3,(H,16,17). The third kappa shape index (κ3) is 4.08. The molecule has 1 aromatic heterocycles. The molecule has 0 aliphatic rings. The van der Waals surface area contributed by atoms with Gasteiger partial charge in [-0.25, -0.2) is 0 Å². The fraction of sp³-hybridized carbons (Fsp3) is 0.214. The Morgan fingerprint density at radius 2 is 2.16 bits per heavy atom. The van der Waals surface area contributed by atoms with Gasteiger partial charge in [0.05, 0.1) is 19.3 Å². The Morgan fingerprint density at radius 3 is 2.89 bits per heavy atom. The number of carbonyl (C=O) groups excluding carboxylic acids is 1. The number of benzene rings is 1. The zero-order valence-corrected chi connectivity index (χ0v) is 11.5. The van der Waals surface area contributed by atoms with Gasteiger partial charge < -0.3 is 15.4 Å². The van der Waals surface area contributed by atoms with Crippen molar-refractivity contribution in [3.63, 3.8) is 0 Å². The van der Waals surface area contributed by atoms with Gasteiger partial charge in [-0.3, -0.25) is 4.79 Å². The molecule has 0 aliphatic heterocycles. The second kappa shape index (κ2) is 6.92. The van der Waals surface area contributed by atoms with Gasteiger partial charge in [-0.1, -0.05) is 12.1 Å². The maximum atomic E-state index is 11.8. The van der Waals surface area contributed by atoms with Crippen molar-refractivity contribution < 1.29 is 9.53 Å². The van der Waals surface area contributed by atoms with E-state index in [2.05, 4.69) is 16.0 Å². The summed E-state index contributed by atoms with van der Waals surface area (Å²) in [6.45, 7) is 0.969. The van der Waals surface area contributed by atoms with Crippen molar-refractivity contribution >= 4 is 22.9 Å². The van der Waals surface area contributed by atoms with Crippen LogP contribution in [0.3, 0.4) is 0 Å². The van der Waals surface area contributed by atoms with Crippen LogP contribution in [0.2, 0.25) is 0 Å². The molecule has 0 bridgehead atoms. The van der Waals surface area contributed by atoms with Gasteiger partial charge in [0.2, 0.25) is 5.91 Å². The van der Waals surface area contributed by atoms with E-state index in [9.17, 15) is 4.79 Å². The fourth-order valence-electron chi connectivity index (χ4n) is 1.66. The van der Waals surface area contributed by atoms with E-state index in [1.807, 2.05) is 35.7 Å². The predicted molar refractivity (Wildman–Crippen MR) is 77.6 cm³/mol. The predicted octanol–water partition coefficient (Wildman–Crippen LogP) is 2.49. The number of hydrogen-bond acceptors (Lipinski definition) is 4. The number of carbonyl (C=O) groups is 1. The lowest BCUT2D eigenvalue weighted by Crippen LogP contribution is -2.27. The average Bonchev–Trinajstić information content (AvgIpc) is 2.92. The van der Waals surface area contributed by atoms with Crippen molar-refractivity contribution in [1.29, 1.82) is 0 Å². The van der Waals surface area contributed by atoms with Crippen LogP contribution in [0.5, 0.6) is 5.75 Å². The van der Waals surface area contributed by atoms with Crippen LogP contribution < -0.4 is 15.4 Å². The second-order valence-electron chi connectivity index (χ2n) is 3.98. The van der Waals surface area contributed by atoms with E-state index in [1.54, 1.807) is 18.4 Å². The van der Waals surface area contributed by atoms with Gasteiger partial charge in [-0.2, -0.15) is 11.3 Å². The Balaban J connectivity index is 1.80. The zero-order valence-electron chi connectivity index (χ0n) is 10.7. The Hall–Kier alpha value is -1.85. The van der Waals surface area contributed by atoms with Gasteiger partial charge in [-0.05, 0) is 34.5 Å².